The Hall–Kier alpha value is -1.08. The van der Waals surface area contributed by atoms with Gasteiger partial charge in [-0.1, -0.05) is 0 Å². The smallest absolute Gasteiger partial charge is 0.396 e. The average molecular weight is 266 g/mol. The molecule has 1 N–H and O–H groups in total. The summed E-state index contributed by atoms with van der Waals surface area (Å²) in [6, 6.07) is 0. The molecule has 7 heteroatoms. The highest BCUT2D eigenvalue weighted by atomic mass is 19.4. The number of rotatable bonds is 7. The molecular weight excluding hydrogens is 249 g/mol. The summed E-state index contributed by atoms with van der Waals surface area (Å²) in [7, 11) is 0. The number of aliphatic hydroxyl groups excluding tert-OH is 1. The third-order valence-corrected chi connectivity index (χ3v) is 2.37. The van der Waals surface area contributed by atoms with E-state index >= 15 is 0 Å². The van der Waals surface area contributed by atoms with Crippen molar-refractivity contribution in [2.24, 2.45) is 0 Å². The van der Waals surface area contributed by atoms with Gasteiger partial charge in [0, 0.05) is 38.1 Å². The molecule has 0 saturated carbocycles. The number of aliphatic hydroxyl groups is 1. The van der Waals surface area contributed by atoms with Crippen molar-refractivity contribution in [1.82, 2.24) is 9.78 Å². The van der Waals surface area contributed by atoms with Gasteiger partial charge in [-0.25, -0.2) is 0 Å². The van der Waals surface area contributed by atoms with Gasteiger partial charge < -0.3 is 9.84 Å². The van der Waals surface area contributed by atoms with Gasteiger partial charge in [0.15, 0.2) is 5.69 Å². The minimum Gasteiger partial charge on any atom is -0.396 e. The van der Waals surface area contributed by atoms with Crippen LogP contribution in [0.15, 0.2) is 6.20 Å². The van der Waals surface area contributed by atoms with Crippen molar-refractivity contribution in [3.05, 3.63) is 17.5 Å². The highest BCUT2D eigenvalue weighted by Crippen LogP contribution is 2.30. The number of aromatic nitrogens is 2. The molecule has 0 aliphatic rings. The average Bonchev–Trinajstić information content (AvgIpc) is 2.68. The number of halogens is 3. The molecule has 0 bridgehead atoms. The zero-order valence-corrected chi connectivity index (χ0v) is 10.2. The summed E-state index contributed by atoms with van der Waals surface area (Å²) in [6.45, 7) is 2.98. The van der Waals surface area contributed by atoms with E-state index in [0.29, 0.717) is 26.2 Å². The Bertz CT molecular complexity index is 364. The van der Waals surface area contributed by atoms with Crippen LogP contribution in [-0.4, -0.2) is 34.7 Å². The Labute approximate surface area is 103 Å². The number of alkyl halides is 3. The molecule has 1 heterocycles. The van der Waals surface area contributed by atoms with Crippen molar-refractivity contribution < 1.29 is 23.0 Å². The van der Waals surface area contributed by atoms with Gasteiger partial charge >= 0.3 is 6.18 Å². The van der Waals surface area contributed by atoms with Gasteiger partial charge in [0.1, 0.15) is 0 Å². The standard InChI is InChI=1S/C11H17F3N2O2/c1-2-18-7-3-5-16-8-9(4-6-17)10(15-16)11(12,13)14/h8,17H,2-7H2,1H3. The van der Waals surface area contributed by atoms with Crippen LogP contribution in [-0.2, 0) is 23.9 Å². The minimum absolute atomic E-state index is 0.0291. The molecule has 0 fully saturated rings. The lowest BCUT2D eigenvalue weighted by molar-refractivity contribution is -0.142. The predicted molar refractivity (Wildman–Crippen MR) is 59.1 cm³/mol. The summed E-state index contributed by atoms with van der Waals surface area (Å²) in [4.78, 5) is 0. The highest BCUT2D eigenvalue weighted by molar-refractivity contribution is 5.20. The van der Waals surface area contributed by atoms with Crippen molar-refractivity contribution in [3.63, 3.8) is 0 Å². The van der Waals surface area contributed by atoms with Gasteiger partial charge in [0.25, 0.3) is 0 Å². The molecule has 1 aromatic rings. The predicted octanol–water partition coefficient (Wildman–Crippen LogP) is 1.86. The first-order valence-corrected chi connectivity index (χ1v) is 5.81. The summed E-state index contributed by atoms with van der Waals surface area (Å²) in [5.41, 5.74) is -0.880. The first-order chi connectivity index (χ1) is 8.49. The molecule has 1 aromatic heterocycles. The molecule has 104 valence electrons. The van der Waals surface area contributed by atoms with E-state index in [1.165, 1.54) is 10.9 Å². The fraction of sp³-hybridized carbons (Fsp3) is 0.727. The van der Waals surface area contributed by atoms with E-state index < -0.39 is 11.9 Å². The van der Waals surface area contributed by atoms with E-state index in [-0.39, 0.29) is 18.6 Å². The van der Waals surface area contributed by atoms with Crippen LogP contribution in [0.3, 0.4) is 0 Å². The van der Waals surface area contributed by atoms with E-state index in [9.17, 15) is 13.2 Å². The Kier molecular flexibility index (Phi) is 5.61. The topological polar surface area (TPSA) is 47.3 Å². The van der Waals surface area contributed by atoms with E-state index in [4.69, 9.17) is 9.84 Å². The van der Waals surface area contributed by atoms with Gasteiger partial charge in [-0.2, -0.15) is 18.3 Å². The molecule has 18 heavy (non-hydrogen) atoms. The number of aryl methyl sites for hydroxylation is 1. The number of hydrogen-bond acceptors (Lipinski definition) is 3. The van der Waals surface area contributed by atoms with Crippen molar-refractivity contribution >= 4 is 0 Å². The molecule has 0 amide bonds. The molecule has 0 atom stereocenters. The van der Waals surface area contributed by atoms with Crippen LogP contribution < -0.4 is 0 Å². The van der Waals surface area contributed by atoms with E-state index in [0.717, 1.165) is 0 Å². The number of hydrogen-bond donors (Lipinski definition) is 1. The highest BCUT2D eigenvalue weighted by Gasteiger charge is 2.36. The van der Waals surface area contributed by atoms with Gasteiger partial charge in [-0.15, -0.1) is 0 Å². The molecule has 0 saturated heterocycles. The molecular formula is C11H17F3N2O2. The zero-order chi connectivity index (χ0) is 13.6. The molecule has 0 radical (unpaired) electrons. The molecule has 4 nitrogen and oxygen atoms in total. The molecule has 0 unspecified atom stereocenters. The van der Waals surface area contributed by atoms with Crippen LogP contribution in [0.2, 0.25) is 0 Å². The van der Waals surface area contributed by atoms with Crippen LogP contribution in [0, 0.1) is 0 Å². The van der Waals surface area contributed by atoms with Crippen molar-refractivity contribution in [2.75, 3.05) is 19.8 Å². The SMILES string of the molecule is CCOCCCn1cc(CCO)c(C(F)(F)F)n1. The lowest BCUT2D eigenvalue weighted by Gasteiger charge is -2.04. The summed E-state index contributed by atoms with van der Waals surface area (Å²) in [5.74, 6) is 0. The normalized spacial score (nSPS) is 12.1. The van der Waals surface area contributed by atoms with Crippen LogP contribution in [0.5, 0.6) is 0 Å². The largest absolute Gasteiger partial charge is 0.435 e. The third-order valence-electron chi connectivity index (χ3n) is 2.37. The number of nitrogens with zero attached hydrogens (tertiary/aromatic N) is 2. The third kappa shape index (κ3) is 4.30. The van der Waals surface area contributed by atoms with E-state index in [2.05, 4.69) is 5.10 Å². The van der Waals surface area contributed by atoms with Gasteiger partial charge in [-0.3, -0.25) is 4.68 Å². The summed E-state index contributed by atoms with van der Waals surface area (Å²) < 4.78 is 44.3. The maximum Gasteiger partial charge on any atom is 0.435 e. The summed E-state index contributed by atoms with van der Waals surface area (Å²) in [5, 5.41) is 12.3. The fourth-order valence-electron chi connectivity index (χ4n) is 1.59. The molecule has 0 spiro atoms. The lowest BCUT2D eigenvalue weighted by atomic mass is 10.2. The fourth-order valence-corrected chi connectivity index (χ4v) is 1.59. The summed E-state index contributed by atoms with van der Waals surface area (Å²) in [6.07, 6.45) is -2.58. The van der Waals surface area contributed by atoms with Crippen LogP contribution in [0.4, 0.5) is 13.2 Å². The Morgan fingerprint density at radius 2 is 2.17 bits per heavy atom. The van der Waals surface area contributed by atoms with Crippen LogP contribution in [0.25, 0.3) is 0 Å². The molecule has 1 rings (SSSR count). The molecule has 0 aromatic carbocycles. The van der Waals surface area contributed by atoms with Crippen LogP contribution in [0.1, 0.15) is 24.6 Å². The zero-order valence-electron chi connectivity index (χ0n) is 10.2. The van der Waals surface area contributed by atoms with Gasteiger partial charge in [0.2, 0.25) is 0 Å². The lowest BCUT2D eigenvalue weighted by Crippen LogP contribution is -2.11. The van der Waals surface area contributed by atoms with E-state index in [1.54, 1.807) is 0 Å². The molecule has 0 aliphatic carbocycles. The van der Waals surface area contributed by atoms with Crippen molar-refractivity contribution in [1.29, 1.82) is 0 Å². The first kappa shape index (κ1) is 15.0. The van der Waals surface area contributed by atoms with Crippen LogP contribution >= 0.6 is 0 Å². The first-order valence-electron chi connectivity index (χ1n) is 5.81. The Morgan fingerprint density at radius 1 is 1.44 bits per heavy atom. The van der Waals surface area contributed by atoms with E-state index in [1.807, 2.05) is 6.92 Å². The maximum absolute atomic E-state index is 12.6. The number of ether oxygens (including phenoxy) is 1. The monoisotopic (exact) mass is 266 g/mol. The Morgan fingerprint density at radius 3 is 2.72 bits per heavy atom. The van der Waals surface area contributed by atoms with Crippen molar-refractivity contribution in [2.45, 2.75) is 32.5 Å². The second kappa shape index (κ2) is 6.75. The summed E-state index contributed by atoms with van der Waals surface area (Å²) >= 11 is 0. The molecule has 0 aliphatic heterocycles. The second-order valence-electron chi connectivity index (χ2n) is 3.79. The van der Waals surface area contributed by atoms with Gasteiger partial charge in [-0.05, 0) is 19.8 Å². The Balaban J connectivity index is 2.70. The maximum atomic E-state index is 12.6. The quantitative estimate of drug-likeness (QED) is 0.766. The second-order valence-corrected chi connectivity index (χ2v) is 3.79. The van der Waals surface area contributed by atoms with Crippen molar-refractivity contribution in [3.8, 4) is 0 Å². The van der Waals surface area contributed by atoms with Gasteiger partial charge in [0.05, 0.1) is 0 Å². The minimum atomic E-state index is -4.48.